The topological polar surface area (TPSA) is 102 Å². The van der Waals surface area contributed by atoms with Crippen molar-refractivity contribution in [1.29, 1.82) is 0 Å². The Morgan fingerprint density at radius 3 is 2.33 bits per heavy atom. The van der Waals surface area contributed by atoms with Crippen molar-refractivity contribution in [1.82, 2.24) is 5.32 Å². The van der Waals surface area contributed by atoms with E-state index in [-0.39, 0.29) is 0 Å². The van der Waals surface area contributed by atoms with Gasteiger partial charge in [0.15, 0.2) is 6.29 Å². The van der Waals surface area contributed by atoms with Crippen LogP contribution in [-0.4, -0.2) is 63.7 Å². The van der Waals surface area contributed by atoms with Crippen LogP contribution >= 0.6 is 0 Å². The zero-order valence-electron chi connectivity index (χ0n) is 8.28. The van der Waals surface area contributed by atoms with E-state index in [2.05, 4.69) is 5.32 Å². The highest BCUT2D eigenvalue weighted by Crippen LogP contribution is 2.25. The van der Waals surface area contributed by atoms with E-state index in [4.69, 9.17) is 9.84 Å². The van der Waals surface area contributed by atoms with Crippen molar-refractivity contribution in [3.8, 4) is 0 Å². The van der Waals surface area contributed by atoms with E-state index in [1.807, 2.05) is 0 Å². The minimum atomic E-state index is -1.19. The molecule has 5 atom stereocenters. The molecule has 6 nitrogen and oxygen atoms in total. The molecule has 0 aromatic heterocycles. The third kappa shape index (κ3) is 2.30. The van der Waals surface area contributed by atoms with Gasteiger partial charge >= 0.3 is 0 Å². The van der Waals surface area contributed by atoms with Crippen molar-refractivity contribution in [2.24, 2.45) is 0 Å². The summed E-state index contributed by atoms with van der Waals surface area (Å²) in [5.41, 5.74) is 0. The maximum absolute atomic E-state index is 9.72. The zero-order valence-corrected chi connectivity index (χ0v) is 8.28. The van der Waals surface area contributed by atoms with Gasteiger partial charge in [0, 0.05) is 6.04 Å². The molecule has 1 aliphatic heterocycles. The number of rotatable bonds is 3. The Hall–Kier alpha value is -0.240. The second-order valence-electron chi connectivity index (χ2n) is 4.20. The predicted octanol–water partition coefficient (Wildman–Crippen LogP) is -2.46. The number of ether oxygens (including phenoxy) is 1. The van der Waals surface area contributed by atoms with Gasteiger partial charge in [-0.3, -0.25) is 0 Å². The summed E-state index contributed by atoms with van der Waals surface area (Å²) >= 11 is 0. The second-order valence-corrected chi connectivity index (χ2v) is 4.20. The van der Waals surface area contributed by atoms with Gasteiger partial charge in [-0.15, -0.1) is 0 Å². The van der Waals surface area contributed by atoms with Crippen LogP contribution in [0.2, 0.25) is 0 Å². The molecule has 1 aliphatic carbocycles. The lowest BCUT2D eigenvalue weighted by molar-refractivity contribution is -0.254. The summed E-state index contributed by atoms with van der Waals surface area (Å²) in [6.07, 6.45) is -2.39. The normalized spacial score (nSPS) is 46.8. The molecule has 1 heterocycles. The molecule has 2 rings (SSSR count). The third-order valence-electron chi connectivity index (χ3n) is 2.91. The molecule has 0 aromatic rings. The molecule has 15 heavy (non-hydrogen) atoms. The Bertz CT molecular complexity index is 223. The van der Waals surface area contributed by atoms with Gasteiger partial charge in [-0.25, -0.2) is 0 Å². The van der Waals surface area contributed by atoms with E-state index >= 15 is 0 Å². The summed E-state index contributed by atoms with van der Waals surface area (Å²) in [5.74, 6) is 0. The fraction of sp³-hybridized carbons (Fsp3) is 1.00. The van der Waals surface area contributed by atoms with Crippen LogP contribution in [0.15, 0.2) is 0 Å². The van der Waals surface area contributed by atoms with Crippen molar-refractivity contribution in [3.63, 3.8) is 0 Å². The van der Waals surface area contributed by atoms with Crippen LogP contribution in [0.1, 0.15) is 12.8 Å². The van der Waals surface area contributed by atoms with Crippen molar-refractivity contribution >= 4 is 0 Å². The summed E-state index contributed by atoms with van der Waals surface area (Å²) in [4.78, 5) is 0. The molecule has 0 amide bonds. The molecular formula is C9H17NO5. The second kappa shape index (κ2) is 4.32. The largest absolute Gasteiger partial charge is 0.394 e. The first-order valence-corrected chi connectivity index (χ1v) is 5.20. The van der Waals surface area contributed by atoms with Crippen molar-refractivity contribution in [3.05, 3.63) is 0 Å². The summed E-state index contributed by atoms with van der Waals surface area (Å²) in [6, 6.07) is -0.393. The van der Waals surface area contributed by atoms with Crippen molar-refractivity contribution in [2.45, 2.75) is 49.5 Å². The minimum Gasteiger partial charge on any atom is -0.394 e. The Morgan fingerprint density at radius 2 is 1.80 bits per heavy atom. The number of hydrogen-bond acceptors (Lipinski definition) is 6. The molecule has 2 aliphatic rings. The van der Waals surface area contributed by atoms with Crippen LogP contribution in [0.4, 0.5) is 0 Å². The van der Waals surface area contributed by atoms with E-state index in [0.29, 0.717) is 6.04 Å². The van der Waals surface area contributed by atoms with E-state index in [0.717, 1.165) is 12.8 Å². The average Bonchev–Trinajstić information content (AvgIpc) is 3.02. The SMILES string of the molecule is OC[C@H]1OC(O)[C@@H](NC2CC2)[C@@H](O)[C@@H]1O. The van der Waals surface area contributed by atoms with Crippen LogP contribution in [-0.2, 0) is 4.74 Å². The summed E-state index contributed by atoms with van der Waals surface area (Å²) in [7, 11) is 0. The molecule has 0 bridgehead atoms. The molecule has 2 fully saturated rings. The molecule has 0 radical (unpaired) electrons. The first-order valence-electron chi connectivity index (χ1n) is 5.20. The minimum absolute atomic E-state index is 0.292. The molecule has 0 aromatic carbocycles. The summed E-state index contributed by atoms with van der Waals surface area (Å²) < 4.78 is 4.99. The van der Waals surface area contributed by atoms with E-state index in [1.165, 1.54) is 0 Å². The van der Waals surface area contributed by atoms with E-state index in [1.54, 1.807) is 0 Å². The maximum atomic E-state index is 9.72. The van der Waals surface area contributed by atoms with Crippen molar-refractivity contribution < 1.29 is 25.2 Å². The lowest BCUT2D eigenvalue weighted by Crippen LogP contribution is -2.63. The van der Waals surface area contributed by atoms with Gasteiger partial charge in [0.2, 0.25) is 0 Å². The fourth-order valence-corrected chi connectivity index (χ4v) is 1.80. The summed E-state index contributed by atoms with van der Waals surface area (Å²) in [5, 5.41) is 40.7. The lowest BCUT2D eigenvalue weighted by Gasteiger charge is -2.40. The smallest absolute Gasteiger partial charge is 0.173 e. The molecule has 0 spiro atoms. The number of aliphatic hydroxyl groups excluding tert-OH is 4. The highest BCUT2D eigenvalue weighted by molar-refractivity contribution is 4.96. The Labute approximate surface area is 87.5 Å². The fourth-order valence-electron chi connectivity index (χ4n) is 1.80. The Balaban J connectivity index is 1.98. The van der Waals surface area contributed by atoms with Crippen LogP contribution in [0.5, 0.6) is 0 Å². The zero-order chi connectivity index (χ0) is 11.0. The van der Waals surface area contributed by atoms with Gasteiger partial charge in [0.25, 0.3) is 0 Å². The van der Waals surface area contributed by atoms with Gasteiger partial charge in [0.05, 0.1) is 12.6 Å². The summed E-state index contributed by atoms with van der Waals surface area (Å²) in [6.45, 7) is -0.425. The molecule has 1 saturated carbocycles. The van der Waals surface area contributed by atoms with Crippen molar-refractivity contribution in [2.75, 3.05) is 6.61 Å². The first-order chi connectivity index (χ1) is 7.13. The highest BCUT2D eigenvalue weighted by atomic mass is 16.6. The molecular weight excluding hydrogens is 202 g/mol. The average molecular weight is 219 g/mol. The van der Waals surface area contributed by atoms with E-state index in [9.17, 15) is 15.3 Å². The maximum Gasteiger partial charge on any atom is 0.173 e. The number of aliphatic hydroxyl groups is 4. The molecule has 1 unspecified atom stereocenters. The molecule has 1 saturated heterocycles. The predicted molar refractivity (Wildman–Crippen MR) is 49.9 cm³/mol. The van der Waals surface area contributed by atoms with Crippen LogP contribution < -0.4 is 5.32 Å². The van der Waals surface area contributed by atoms with Gasteiger partial charge < -0.3 is 30.5 Å². The standard InChI is InChI=1S/C9H17NO5/c11-3-5-7(12)8(13)6(9(14)15-5)10-4-1-2-4/h4-14H,1-3H2/t5-,6+,7-,8-,9?/m1/s1. The lowest BCUT2D eigenvalue weighted by atomic mass is 9.97. The van der Waals surface area contributed by atoms with Gasteiger partial charge in [-0.1, -0.05) is 0 Å². The van der Waals surface area contributed by atoms with E-state index < -0.39 is 37.3 Å². The van der Waals surface area contributed by atoms with Gasteiger partial charge in [-0.05, 0) is 12.8 Å². The number of nitrogens with one attached hydrogen (secondary N) is 1. The Kier molecular flexibility index (Phi) is 3.24. The quantitative estimate of drug-likeness (QED) is 0.361. The molecule has 6 heteroatoms. The van der Waals surface area contributed by atoms with Crippen LogP contribution in [0, 0.1) is 0 Å². The third-order valence-corrected chi connectivity index (χ3v) is 2.91. The Morgan fingerprint density at radius 1 is 1.13 bits per heavy atom. The number of hydrogen-bond donors (Lipinski definition) is 5. The monoisotopic (exact) mass is 219 g/mol. The first kappa shape index (κ1) is 11.3. The van der Waals surface area contributed by atoms with Crippen LogP contribution in [0.25, 0.3) is 0 Å². The highest BCUT2D eigenvalue weighted by Gasteiger charge is 2.45. The van der Waals surface area contributed by atoms with Gasteiger partial charge in [-0.2, -0.15) is 0 Å². The molecule has 88 valence electrons. The molecule has 5 N–H and O–H groups in total. The van der Waals surface area contributed by atoms with Gasteiger partial charge in [0.1, 0.15) is 18.3 Å². The van der Waals surface area contributed by atoms with Crippen LogP contribution in [0.3, 0.4) is 0 Å².